The number of ether oxygens (including phenoxy) is 1. The molecule has 0 aliphatic carbocycles. The lowest BCUT2D eigenvalue weighted by atomic mass is 9.90. The summed E-state index contributed by atoms with van der Waals surface area (Å²) in [4.78, 5) is 11.7. The molecule has 2 nitrogen and oxygen atoms in total. The Labute approximate surface area is 88.9 Å². The SMILES string of the molecule is CCOC(=O)C(c1ccsc1)C(C)C. The Morgan fingerprint density at radius 3 is 2.71 bits per heavy atom. The van der Waals surface area contributed by atoms with Crippen molar-refractivity contribution in [2.24, 2.45) is 5.92 Å². The number of carbonyl (C=O) groups is 1. The summed E-state index contributed by atoms with van der Waals surface area (Å²) in [6.45, 7) is 6.37. The van der Waals surface area contributed by atoms with E-state index in [4.69, 9.17) is 4.74 Å². The molecule has 0 amide bonds. The van der Waals surface area contributed by atoms with Gasteiger partial charge in [-0.3, -0.25) is 4.79 Å². The molecule has 1 heterocycles. The molecule has 0 spiro atoms. The summed E-state index contributed by atoms with van der Waals surface area (Å²) in [5, 5.41) is 4.01. The van der Waals surface area contributed by atoms with Gasteiger partial charge < -0.3 is 4.74 Å². The van der Waals surface area contributed by atoms with Gasteiger partial charge in [-0.25, -0.2) is 0 Å². The average molecular weight is 212 g/mol. The summed E-state index contributed by atoms with van der Waals surface area (Å²) in [6, 6.07) is 1.99. The standard InChI is InChI=1S/C11H16O2S/c1-4-13-11(12)10(8(2)3)9-5-6-14-7-9/h5-8,10H,4H2,1-3H3. The molecule has 0 fully saturated rings. The third-order valence-electron chi connectivity index (χ3n) is 2.11. The van der Waals surface area contributed by atoms with Gasteiger partial charge in [0.25, 0.3) is 0 Å². The minimum absolute atomic E-state index is 0.110. The lowest BCUT2D eigenvalue weighted by Gasteiger charge is -2.17. The van der Waals surface area contributed by atoms with Crippen molar-refractivity contribution < 1.29 is 9.53 Å². The van der Waals surface area contributed by atoms with E-state index in [1.807, 2.05) is 37.6 Å². The highest BCUT2D eigenvalue weighted by Crippen LogP contribution is 2.27. The number of hydrogen-bond acceptors (Lipinski definition) is 3. The molecule has 1 atom stereocenters. The predicted octanol–water partition coefficient (Wildman–Crippen LogP) is 3.05. The quantitative estimate of drug-likeness (QED) is 0.717. The van der Waals surface area contributed by atoms with Crippen molar-refractivity contribution in [3.63, 3.8) is 0 Å². The maximum absolute atomic E-state index is 11.7. The Kier molecular flexibility index (Phi) is 4.14. The van der Waals surface area contributed by atoms with Crippen LogP contribution in [-0.4, -0.2) is 12.6 Å². The van der Waals surface area contributed by atoms with Crippen LogP contribution in [0.3, 0.4) is 0 Å². The van der Waals surface area contributed by atoms with Gasteiger partial charge in [-0.1, -0.05) is 13.8 Å². The van der Waals surface area contributed by atoms with Crippen molar-refractivity contribution in [3.8, 4) is 0 Å². The fourth-order valence-electron chi connectivity index (χ4n) is 1.48. The van der Waals surface area contributed by atoms with Crippen molar-refractivity contribution in [3.05, 3.63) is 22.4 Å². The number of esters is 1. The molecule has 1 rings (SSSR count). The van der Waals surface area contributed by atoms with Crippen LogP contribution in [0.5, 0.6) is 0 Å². The van der Waals surface area contributed by atoms with E-state index in [0.717, 1.165) is 5.56 Å². The predicted molar refractivity (Wildman–Crippen MR) is 58.5 cm³/mol. The first-order valence-electron chi connectivity index (χ1n) is 4.85. The van der Waals surface area contributed by atoms with Crippen LogP contribution in [0.15, 0.2) is 16.8 Å². The number of carbonyl (C=O) groups excluding carboxylic acids is 1. The molecule has 0 N–H and O–H groups in total. The minimum Gasteiger partial charge on any atom is -0.466 e. The molecule has 3 heteroatoms. The fraction of sp³-hybridized carbons (Fsp3) is 0.545. The Morgan fingerprint density at radius 1 is 1.57 bits per heavy atom. The van der Waals surface area contributed by atoms with Crippen molar-refractivity contribution in [2.45, 2.75) is 26.7 Å². The molecule has 0 bridgehead atoms. The molecular weight excluding hydrogens is 196 g/mol. The van der Waals surface area contributed by atoms with Gasteiger partial charge in [0, 0.05) is 0 Å². The normalized spacial score (nSPS) is 12.9. The molecule has 78 valence electrons. The molecular formula is C11H16O2S. The van der Waals surface area contributed by atoms with Gasteiger partial charge in [-0.2, -0.15) is 11.3 Å². The summed E-state index contributed by atoms with van der Waals surface area (Å²) in [5.74, 6) is 0.0609. The van der Waals surface area contributed by atoms with Crippen LogP contribution in [0, 0.1) is 5.92 Å². The van der Waals surface area contributed by atoms with Gasteiger partial charge in [0.1, 0.15) is 0 Å². The van der Waals surface area contributed by atoms with Gasteiger partial charge in [0.05, 0.1) is 12.5 Å². The zero-order valence-corrected chi connectivity index (χ0v) is 9.64. The molecule has 0 radical (unpaired) electrons. The Balaban J connectivity index is 2.80. The van der Waals surface area contributed by atoms with Crippen LogP contribution >= 0.6 is 11.3 Å². The lowest BCUT2D eigenvalue weighted by Crippen LogP contribution is -2.20. The van der Waals surface area contributed by atoms with E-state index >= 15 is 0 Å². The summed E-state index contributed by atoms with van der Waals surface area (Å²) < 4.78 is 5.05. The lowest BCUT2D eigenvalue weighted by molar-refractivity contribution is -0.146. The summed E-state index contributed by atoms with van der Waals surface area (Å²) in [7, 11) is 0. The average Bonchev–Trinajstić information content (AvgIpc) is 2.57. The summed E-state index contributed by atoms with van der Waals surface area (Å²) in [6.07, 6.45) is 0. The molecule has 0 aliphatic rings. The van der Waals surface area contributed by atoms with Crippen LogP contribution in [-0.2, 0) is 9.53 Å². The third kappa shape index (κ3) is 2.58. The summed E-state index contributed by atoms with van der Waals surface area (Å²) >= 11 is 1.61. The first-order valence-corrected chi connectivity index (χ1v) is 5.79. The topological polar surface area (TPSA) is 26.3 Å². The highest BCUT2D eigenvalue weighted by molar-refractivity contribution is 7.08. The second kappa shape index (κ2) is 5.15. The minimum atomic E-state index is -0.110. The summed E-state index contributed by atoms with van der Waals surface area (Å²) in [5.41, 5.74) is 1.07. The van der Waals surface area contributed by atoms with Crippen LogP contribution in [0.1, 0.15) is 32.3 Å². The molecule has 0 aliphatic heterocycles. The highest BCUT2D eigenvalue weighted by Gasteiger charge is 2.25. The number of hydrogen-bond donors (Lipinski definition) is 0. The molecule has 1 unspecified atom stereocenters. The van der Waals surface area contributed by atoms with E-state index in [9.17, 15) is 4.79 Å². The Bertz CT molecular complexity index is 277. The van der Waals surface area contributed by atoms with Crippen LogP contribution in [0.25, 0.3) is 0 Å². The van der Waals surface area contributed by atoms with E-state index in [0.29, 0.717) is 6.61 Å². The molecule has 1 aromatic rings. The van der Waals surface area contributed by atoms with Gasteiger partial charge in [0.15, 0.2) is 0 Å². The van der Waals surface area contributed by atoms with Gasteiger partial charge >= 0.3 is 5.97 Å². The van der Waals surface area contributed by atoms with E-state index in [1.165, 1.54) is 0 Å². The Hall–Kier alpha value is -0.830. The maximum Gasteiger partial charge on any atom is 0.313 e. The molecule has 0 saturated carbocycles. The van der Waals surface area contributed by atoms with E-state index in [1.54, 1.807) is 11.3 Å². The second-order valence-corrected chi connectivity index (χ2v) is 4.31. The zero-order chi connectivity index (χ0) is 10.6. The second-order valence-electron chi connectivity index (χ2n) is 3.53. The van der Waals surface area contributed by atoms with Gasteiger partial charge in [0.2, 0.25) is 0 Å². The van der Waals surface area contributed by atoms with Gasteiger partial charge in [-0.15, -0.1) is 0 Å². The van der Waals surface area contributed by atoms with Crippen LogP contribution in [0.4, 0.5) is 0 Å². The molecule has 1 aromatic heterocycles. The third-order valence-corrected chi connectivity index (χ3v) is 2.81. The van der Waals surface area contributed by atoms with Crippen molar-refractivity contribution in [1.29, 1.82) is 0 Å². The zero-order valence-electron chi connectivity index (χ0n) is 8.82. The smallest absolute Gasteiger partial charge is 0.313 e. The van der Waals surface area contributed by atoms with E-state index in [-0.39, 0.29) is 17.8 Å². The monoisotopic (exact) mass is 212 g/mol. The van der Waals surface area contributed by atoms with Crippen molar-refractivity contribution in [1.82, 2.24) is 0 Å². The van der Waals surface area contributed by atoms with E-state index in [2.05, 4.69) is 0 Å². The van der Waals surface area contributed by atoms with E-state index < -0.39 is 0 Å². The largest absolute Gasteiger partial charge is 0.466 e. The Morgan fingerprint density at radius 2 is 2.29 bits per heavy atom. The van der Waals surface area contributed by atoms with Crippen molar-refractivity contribution in [2.75, 3.05) is 6.61 Å². The maximum atomic E-state index is 11.7. The fourth-order valence-corrected chi connectivity index (χ4v) is 2.17. The van der Waals surface area contributed by atoms with Crippen LogP contribution < -0.4 is 0 Å². The molecule has 14 heavy (non-hydrogen) atoms. The van der Waals surface area contributed by atoms with Gasteiger partial charge in [-0.05, 0) is 35.2 Å². The number of rotatable bonds is 4. The number of thiophene rings is 1. The van der Waals surface area contributed by atoms with Crippen molar-refractivity contribution >= 4 is 17.3 Å². The first-order chi connectivity index (χ1) is 6.66. The first kappa shape index (κ1) is 11.2. The highest BCUT2D eigenvalue weighted by atomic mass is 32.1. The van der Waals surface area contributed by atoms with Crippen LogP contribution in [0.2, 0.25) is 0 Å². The molecule has 0 saturated heterocycles. The molecule has 0 aromatic carbocycles.